The van der Waals surface area contributed by atoms with Gasteiger partial charge < -0.3 is 10.2 Å². The SMILES string of the molecule is Cc1nc(O)c(C)c(O)c1Br. The molecule has 3 nitrogen and oxygen atoms in total. The fraction of sp³-hybridized carbons (Fsp3) is 0.286. The zero-order valence-corrected chi connectivity index (χ0v) is 7.81. The Morgan fingerprint density at radius 2 is 1.82 bits per heavy atom. The average Bonchev–Trinajstić information content (AvgIpc) is 1.97. The van der Waals surface area contributed by atoms with E-state index in [0.29, 0.717) is 15.7 Å². The van der Waals surface area contributed by atoms with E-state index in [9.17, 15) is 5.11 Å². The minimum absolute atomic E-state index is 0.0509. The molecule has 60 valence electrons. The molecule has 0 spiro atoms. The molecule has 2 N–H and O–H groups in total. The molecule has 0 unspecified atom stereocenters. The van der Waals surface area contributed by atoms with Gasteiger partial charge in [0.1, 0.15) is 5.75 Å². The van der Waals surface area contributed by atoms with Crippen LogP contribution in [0, 0.1) is 13.8 Å². The first-order valence-corrected chi connectivity index (χ1v) is 3.88. The van der Waals surface area contributed by atoms with E-state index in [2.05, 4.69) is 20.9 Å². The minimum atomic E-state index is -0.122. The van der Waals surface area contributed by atoms with Crippen LogP contribution in [0.4, 0.5) is 0 Å². The maximum absolute atomic E-state index is 9.32. The van der Waals surface area contributed by atoms with Gasteiger partial charge in [0.15, 0.2) is 0 Å². The molecule has 0 aliphatic rings. The van der Waals surface area contributed by atoms with Crippen molar-refractivity contribution in [2.75, 3.05) is 0 Å². The molecule has 0 aliphatic heterocycles. The third-order valence-electron chi connectivity index (χ3n) is 1.49. The van der Waals surface area contributed by atoms with E-state index in [0.717, 1.165) is 0 Å². The van der Waals surface area contributed by atoms with Gasteiger partial charge >= 0.3 is 0 Å². The molecule has 0 aliphatic carbocycles. The molecule has 1 rings (SSSR count). The van der Waals surface area contributed by atoms with Gasteiger partial charge in [-0.25, -0.2) is 4.98 Å². The lowest BCUT2D eigenvalue weighted by Gasteiger charge is -2.05. The lowest BCUT2D eigenvalue weighted by molar-refractivity contribution is 0.424. The van der Waals surface area contributed by atoms with E-state index in [1.807, 2.05) is 0 Å². The number of pyridine rings is 1. The minimum Gasteiger partial charge on any atom is -0.506 e. The second kappa shape index (κ2) is 2.70. The zero-order chi connectivity index (χ0) is 8.59. The van der Waals surface area contributed by atoms with Gasteiger partial charge in [-0.3, -0.25) is 0 Å². The third-order valence-corrected chi connectivity index (χ3v) is 2.44. The molecule has 0 amide bonds. The number of halogens is 1. The summed E-state index contributed by atoms with van der Waals surface area (Å²) in [5.41, 5.74) is 0.966. The van der Waals surface area contributed by atoms with Crippen molar-refractivity contribution >= 4 is 15.9 Å². The van der Waals surface area contributed by atoms with Gasteiger partial charge in [-0.2, -0.15) is 0 Å². The highest BCUT2D eigenvalue weighted by molar-refractivity contribution is 9.10. The number of aryl methyl sites for hydroxylation is 1. The van der Waals surface area contributed by atoms with Gasteiger partial charge in [-0.1, -0.05) is 0 Å². The average molecular weight is 218 g/mol. The highest BCUT2D eigenvalue weighted by Crippen LogP contribution is 2.33. The summed E-state index contributed by atoms with van der Waals surface area (Å²) >= 11 is 3.14. The van der Waals surface area contributed by atoms with Crippen LogP contribution in [0.1, 0.15) is 11.3 Å². The summed E-state index contributed by atoms with van der Waals surface area (Å²) in [6.45, 7) is 3.30. The van der Waals surface area contributed by atoms with Crippen molar-refractivity contribution in [2.24, 2.45) is 0 Å². The quantitative estimate of drug-likeness (QED) is 0.698. The smallest absolute Gasteiger partial charge is 0.217 e. The van der Waals surface area contributed by atoms with Crippen LogP contribution in [0.3, 0.4) is 0 Å². The van der Waals surface area contributed by atoms with E-state index in [1.54, 1.807) is 13.8 Å². The number of hydrogen-bond donors (Lipinski definition) is 2. The van der Waals surface area contributed by atoms with E-state index in [1.165, 1.54) is 0 Å². The Bertz CT molecular complexity index is 273. The monoisotopic (exact) mass is 217 g/mol. The second-order valence-electron chi connectivity index (χ2n) is 2.31. The number of aromatic hydroxyl groups is 2. The standard InChI is InChI=1S/C7H8BrNO2/c1-3-6(10)5(8)4(2)9-7(3)11/h1-2H3,(H2,9,10,11). The Morgan fingerprint density at radius 3 is 2.36 bits per heavy atom. The number of aromatic nitrogens is 1. The molecule has 11 heavy (non-hydrogen) atoms. The van der Waals surface area contributed by atoms with Crippen LogP contribution in [0.25, 0.3) is 0 Å². The fourth-order valence-electron chi connectivity index (χ4n) is 0.734. The summed E-state index contributed by atoms with van der Waals surface area (Å²) in [6, 6.07) is 0. The molecule has 0 aromatic carbocycles. The second-order valence-corrected chi connectivity index (χ2v) is 3.10. The summed E-state index contributed by atoms with van der Waals surface area (Å²) in [6.07, 6.45) is 0. The molecule has 0 bridgehead atoms. The number of hydrogen-bond acceptors (Lipinski definition) is 3. The molecular formula is C7H8BrNO2. The molecule has 1 aromatic rings. The molecule has 0 radical (unpaired) electrons. The van der Waals surface area contributed by atoms with Crippen molar-refractivity contribution in [2.45, 2.75) is 13.8 Å². The molecule has 0 atom stereocenters. The first-order chi connectivity index (χ1) is 5.04. The summed E-state index contributed by atoms with van der Waals surface area (Å²) in [4.78, 5) is 3.78. The molecule has 0 saturated carbocycles. The molecule has 0 fully saturated rings. The Morgan fingerprint density at radius 1 is 1.27 bits per heavy atom. The van der Waals surface area contributed by atoms with Gasteiger partial charge in [-0.15, -0.1) is 0 Å². The van der Waals surface area contributed by atoms with Crippen LogP contribution in [0.2, 0.25) is 0 Å². The van der Waals surface area contributed by atoms with Crippen molar-refractivity contribution in [1.29, 1.82) is 0 Å². The van der Waals surface area contributed by atoms with Crippen molar-refractivity contribution < 1.29 is 10.2 Å². The Kier molecular flexibility index (Phi) is 2.04. The maximum Gasteiger partial charge on any atom is 0.217 e. The van der Waals surface area contributed by atoms with Crippen LogP contribution in [0.5, 0.6) is 11.6 Å². The highest BCUT2D eigenvalue weighted by Gasteiger charge is 2.10. The van der Waals surface area contributed by atoms with Crippen LogP contribution in [-0.4, -0.2) is 15.2 Å². The normalized spacial score (nSPS) is 10.1. The molecule has 0 saturated heterocycles. The van der Waals surface area contributed by atoms with E-state index < -0.39 is 0 Å². The summed E-state index contributed by atoms with van der Waals surface area (Å²) in [5.74, 6) is -0.0711. The van der Waals surface area contributed by atoms with Crippen molar-refractivity contribution in [3.05, 3.63) is 15.7 Å². The van der Waals surface area contributed by atoms with Crippen LogP contribution in [0.15, 0.2) is 4.47 Å². The molecule has 1 aromatic heterocycles. The van der Waals surface area contributed by atoms with E-state index in [-0.39, 0.29) is 11.6 Å². The van der Waals surface area contributed by atoms with Crippen molar-refractivity contribution in [3.8, 4) is 11.6 Å². The largest absolute Gasteiger partial charge is 0.506 e. The van der Waals surface area contributed by atoms with Crippen LogP contribution < -0.4 is 0 Å². The lowest BCUT2D eigenvalue weighted by Crippen LogP contribution is -1.88. The summed E-state index contributed by atoms with van der Waals surface area (Å²) in [7, 11) is 0. The van der Waals surface area contributed by atoms with Crippen molar-refractivity contribution in [3.63, 3.8) is 0 Å². The predicted octanol–water partition coefficient (Wildman–Crippen LogP) is 1.87. The third kappa shape index (κ3) is 1.30. The Labute approximate surface area is 72.8 Å². The van der Waals surface area contributed by atoms with Crippen LogP contribution >= 0.6 is 15.9 Å². The van der Waals surface area contributed by atoms with Gasteiger partial charge in [0.2, 0.25) is 5.88 Å². The van der Waals surface area contributed by atoms with Gasteiger partial charge in [-0.05, 0) is 29.8 Å². The summed E-state index contributed by atoms with van der Waals surface area (Å²) < 4.78 is 0.535. The lowest BCUT2D eigenvalue weighted by atomic mass is 10.2. The fourth-order valence-corrected chi connectivity index (χ4v) is 1.12. The zero-order valence-electron chi connectivity index (χ0n) is 6.22. The van der Waals surface area contributed by atoms with Gasteiger partial charge in [0.05, 0.1) is 15.7 Å². The van der Waals surface area contributed by atoms with E-state index in [4.69, 9.17) is 5.11 Å². The number of nitrogens with zero attached hydrogens (tertiary/aromatic N) is 1. The molecule has 4 heteroatoms. The van der Waals surface area contributed by atoms with Gasteiger partial charge in [0, 0.05) is 0 Å². The predicted molar refractivity (Wildman–Crippen MR) is 44.7 cm³/mol. The first-order valence-electron chi connectivity index (χ1n) is 3.08. The first kappa shape index (κ1) is 8.33. The number of rotatable bonds is 0. The van der Waals surface area contributed by atoms with Crippen molar-refractivity contribution in [1.82, 2.24) is 4.98 Å². The summed E-state index contributed by atoms with van der Waals surface area (Å²) in [5, 5.41) is 18.4. The van der Waals surface area contributed by atoms with Gasteiger partial charge in [0.25, 0.3) is 0 Å². The maximum atomic E-state index is 9.32. The van der Waals surface area contributed by atoms with E-state index >= 15 is 0 Å². The topological polar surface area (TPSA) is 53.4 Å². The highest BCUT2D eigenvalue weighted by atomic mass is 79.9. The Hall–Kier alpha value is -0.770. The Balaban J connectivity index is 3.46. The molecule has 1 heterocycles. The van der Waals surface area contributed by atoms with Crippen LogP contribution in [-0.2, 0) is 0 Å². The molecular weight excluding hydrogens is 210 g/mol.